The summed E-state index contributed by atoms with van der Waals surface area (Å²) in [7, 11) is 3.33. The van der Waals surface area contributed by atoms with Gasteiger partial charge in [-0.2, -0.15) is 0 Å². The average Bonchev–Trinajstić information content (AvgIpc) is 2.09. The van der Waals surface area contributed by atoms with Crippen molar-refractivity contribution < 1.29 is 9.47 Å². The van der Waals surface area contributed by atoms with Crippen molar-refractivity contribution >= 4 is 0 Å². The van der Waals surface area contributed by atoms with Gasteiger partial charge in [-0.05, 0) is 13.0 Å². The van der Waals surface area contributed by atoms with Crippen LogP contribution in [0.5, 0.6) is 5.75 Å². The fourth-order valence-corrected chi connectivity index (χ4v) is 1.03. The fraction of sp³-hybridized carbons (Fsp3) is 0.300. The highest BCUT2D eigenvalue weighted by atomic mass is 16.5. The molecule has 2 nitrogen and oxygen atoms in total. The quantitative estimate of drug-likeness (QED) is 0.682. The van der Waals surface area contributed by atoms with Crippen LogP contribution in [0.1, 0.15) is 12.5 Å². The molecule has 0 aliphatic rings. The maximum Gasteiger partial charge on any atom is 0.124 e. The summed E-state index contributed by atoms with van der Waals surface area (Å²) in [5.74, 6) is 0.878. The highest BCUT2D eigenvalue weighted by Crippen LogP contribution is 2.18. The third kappa shape index (κ3) is 2.24. The first-order valence-corrected chi connectivity index (χ1v) is 3.96. The van der Waals surface area contributed by atoms with Crippen LogP contribution in [-0.2, 0) is 11.3 Å². The first-order valence-electron chi connectivity index (χ1n) is 3.96. The van der Waals surface area contributed by atoms with Gasteiger partial charge in [0, 0.05) is 5.56 Å². The molecule has 0 saturated carbocycles. The summed E-state index contributed by atoms with van der Waals surface area (Å²) < 4.78 is 10.2. The molecule has 0 N–H and O–H groups in total. The summed E-state index contributed by atoms with van der Waals surface area (Å²) in [6.07, 6.45) is 0. The van der Waals surface area contributed by atoms with Crippen LogP contribution >= 0.6 is 0 Å². The molecule has 65 valence electrons. The predicted octanol–water partition coefficient (Wildman–Crippen LogP) is 2.39. The topological polar surface area (TPSA) is 18.5 Å². The molecule has 2 heteroatoms. The molecule has 0 spiro atoms. The molecule has 1 rings (SSSR count). The van der Waals surface area contributed by atoms with Gasteiger partial charge in [-0.15, -0.1) is 0 Å². The smallest absolute Gasteiger partial charge is 0.124 e. The van der Waals surface area contributed by atoms with Gasteiger partial charge >= 0.3 is 0 Å². The molecule has 0 heterocycles. The van der Waals surface area contributed by atoms with Crippen LogP contribution in [0.2, 0.25) is 0 Å². The molecule has 0 bridgehead atoms. The standard InChI is InChI=1S/C10H13O2/c1-3-12-10-7-5-4-6-9(10)8-11-2/h4-7H,2-3,8H2,1H3. The van der Waals surface area contributed by atoms with E-state index in [9.17, 15) is 0 Å². The van der Waals surface area contributed by atoms with Gasteiger partial charge in [0.1, 0.15) is 5.75 Å². The van der Waals surface area contributed by atoms with E-state index in [1.54, 1.807) is 0 Å². The Morgan fingerprint density at radius 1 is 1.33 bits per heavy atom. The van der Waals surface area contributed by atoms with Crippen LogP contribution in [0.25, 0.3) is 0 Å². The van der Waals surface area contributed by atoms with Crippen molar-refractivity contribution in [1.29, 1.82) is 0 Å². The minimum absolute atomic E-state index is 0.496. The summed E-state index contributed by atoms with van der Waals surface area (Å²) in [5, 5.41) is 0. The summed E-state index contributed by atoms with van der Waals surface area (Å²) in [5.41, 5.74) is 1.04. The van der Waals surface area contributed by atoms with Gasteiger partial charge in [-0.3, -0.25) is 0 Å². The number of rotatable bonds is 4. The second-order valence-electron chi connectivity index (χ2n) is 2.39. The van der Waals surface area contributed by atoms with Crippen molar-refractivity contribution in [2.45, 2.75) is 13.5 Å². The van der Waals surface area contributed by atoms with Crippen LogP contribution in [-0.4, -0.2) is 6.61 Å². The van der Waals surface area contributed by atoms with Crippen LogP contribution in [0.3, 0.4) is 0 Å². The van der Waals surface area contributed by atoms with Crippen molar-refractivity contribution in [1.82, 2.24) is 0 Å². The first kappa shape index (κ1) is 9.07. The summed E-state index contributed by atoms with van der Waals surface area (Å²) in [6, 6.07) is 7.79. The van der Waals surface area contributed by atoms with Gasteiger partial charge in [0.2, 0.25) is 0 Å². The Kier molecular flexibility index (Phi) is 3.61. The fourth-order valence-electron chi connectivity index (χ4n) is 1.03. The number of ether oxygens (including phenoxy) is 2. The van der Waals surface area contributed by atoms with E-state index in [0.29, 0.717) is 13.2 Å². The lowest BCUT2D eigenvalue weighted by molar-refractivity contribution is 0.221. The average molecular weight is 165 g/mol. The zero-order valence-electron chi connectivity index (χ0n) is 7.25. The van der Waals surface area contributed by atoms with Gasteiger partial charge in [0.05, 0.1) is 20.3 Å². The molecule has 0 unspecified atom stereocenters. The van der Waals surface area contributed by atoms with E-state index in [-0.39, 0.29) is 0 Å². The van der Waals surface area contributed by atoms with E-state index in [1.165, 1.54) is 0 Å². The van der Waals surface area contributed by atoms with Gasteiger partial charge in [0.25, 0.3) is 0 Å². The zero-order chi connectivity index (χ0) is 8.81. The Balaban J connectivity index is 2.77. The van der Waals surface area contributed by atoms with E-state index in [0.717, 1.165) is 11.3 Å². The minimum atomic E-state index is 0.496. The van der Waals surface area contributed by atoms with Crippen molar-refractivity contribution in [2.24, 2.45) is 0 Å². The Bertz CT molecular complexity index is 208. The third-order valence-corrected chi connectivity index (χ3v) is 1.53. The Morgan fingerprint density at radius 2 is 2.08 bits per heavy atom. The maximum absolute atomic E-state index is 5.38. The molecule has 0 atom stereocenters. The SMILES string of the molecule is [CH2]OCc1ccccc1OCC. The summed E-state index contributed by atoms with van der Waals surface area (Å²) >= 11 is 0. The van der Waals surface area contributed by atoms with Crippen LogP contribution in [0.15, 0.2) is 24.3 Å². The van der Waals surface area contributed by atoms with Crippen LogP contribution < -0.4 is 4.74 Å². The number of hydrogen-bond donors (Lipinski definition) is 0. The summed E-state index contributed by atoms with van der Waals surface area (Å²) in [4.78, 5) is 0. The summed E-state index contributed by atoms with van der Waals surface area (Å²) in [6.45, 7) is 3.13. The molecule has 12 heavy (non-hydrogen) atoms. The van der Waals surface area contributed by atoms with Crippen LogP contribution in [0, 0.1) is 7.11 Å². The molecule has 1 aromatic carbocycles. The lowest BCUT2D eigenvalue weighted by Gasteiger charge is -2.08. The first-order chi connectivity index (χ1) is 5.88. The lowest BCUT2D eigenvalue weighted by atomic mass is 10.2. The van der Waals surface area contributed by atoms with Crippen molar-refractivity contribution in [3.8, 4) is 5.75 Å². The van der Waals surface area contributed by atoms with Gasteiger partial charge in [0.15, 0.2) is 0 Å². The van der Waals surface area contributed by atoms with E-state index < -0.39 is 0 Å². The molecular weight excluding hydrogens is 152 g/mol. The Labute approximate surface area is 73.1 Å². The third-order valence-electron chi connectivity index (χ3n) is 1.53. The predicted molar refractivity (Wildman–Crippen MR) is 47.8 cm³/mol. The Hall–Kier alpha value is -1.02. The molecule has 0 aliphatic heterocycles. The second-order valence-corrected chi connectivity index (χ2v) is 2.39. The van der Waals surface area contributed by atoms with Gasteiger partial charge in [-0.1, -0.05) is 18.2 Å². The molecular formula is C10H13O2. The minimum Gasteiger partial charge on any atom is -0.494 e. The van der Waals surface area contributed by atoms with Gasteiger partial charge in [-0.25, -0.2) is 0 Å². The highest BCUT2D eigenvalue weighted by Gasteiger charge is 1.99. The van der Waals surface area contributed by atoms with Crippen LogP contribution in [0.4, 0.5) is 0 Å². The van der Waals surface area contributed by atoms with E-state index in [2.05, 4.69) is 7.11 Å². The lowest BCUT2D eigenvalue weighted by Crippen LogP contribution is -1.96. The van der Waals surface area contributed by atoms with Crippen molar-refractivity contribution in [3.63, 3.8) is 0 Å². The monoisotopic (exact) mass is 165 g/mol. The molecule has 1 radical (unpaired) electrons. The number of benzene rings is 1. The van der Waals surface area contributed by atoms with Gasteiger partial charge < -0.3 is 9.47 Å². The Morgan fingerprint density at radius 3 is 2.75 bits per heavy atom. The van der Waals surface area contributed by atoms with Crippen molar-refractivity contribution in [2.75, 3.05) is 6.61 Å². The maximum atomic E-state index is 5.38. The molecule has 0 fully saturated rings. The molecule has 1 aromatic rings. The second kappa shape index (κ2) is 4.78. The zero-order valence-corrected chi connectivity index (χ0v) is 7.25. The highest BCUT2D eigenvalue weighted by molar-refractivity contribution is 5.32. The molecule has 0 aliphatic carbocycles. The molecule has 0 aromatic heterocycles. The van der Waals surface area contributed by atoms with E-state index in [4.69, 9.17) is 9.47 Å². The molecule has 0 amide bonds. The number of hydrogen-bond acceptors (Lipinski definition) is 2. The number of para-hydroxylation sites is 1. The van der Waals surface area contributed by atoms with E-state index >= 15 is 0 Å². The normalized spacial score (nSPS) is 9.83. The largest absolute Gasteiger partial charge is 0.494 e. The van der Waals surface area contributed by atoms with Crippen molar-refractivity contribution in [3.05, 3.63) is 36.9 Å². The molecule has 0 saturated heterocycles. The van der Waals surface area contributed by atoms with E-state index in [1.807, 2.05) is 31.2 Å².